The summed E-state index contributed by atoms with van der Waals surface area (Å²) in [4.78, 5) is 0. The van der Waals surface area contributed by atoms with E-state index in [0.29, 0.717) is 5.82 Å². The zero-order chi connectivity index (χ0) is 11.6. The quantitative estimate of drug-likeness (QED) is 0.710. The number of hydrogen-bond donors (Lipinski definition) is 2. The van der Waals surface area contributed by atoms with Gasteiger partial charge in [-0.3, -0.25) is 4.72 Å². The maximum Gasteiger partial charge on any atom is 0.237 e. The zero-order valence-electron chi connectivity index (χ0n) is 8.76. The standard InChI is InChI=1S/C9H14N4O2S/c1-2-5-16(14,15)12-9-3-4-11-13(9)8-6-10-7-8/h2-4,8,10,12H,1,5-7H2. The van der Waals surface area contributed by atoms with E-state index >= 15 is 0 Å². The monoisotopic (exact) mass is 242 g/mol. The lowest BCUT2D eigenvalue weighted by Crippen LogP contribution is -2.44. The van der Waals surface area contributed by atoms with Crippen molar-refractivity contribution in [1.29, 1.82) is 0 Å². The van der Waals surface area contributed by atoms with E-state index in [9.17, 15) is 8.42 Å². The summed E-state index contributed by atoms with van der Waals surface area (Å²) < 4.78 is 27.3. The molecule has 88 valence electrons. The summed E-state index contributed by atoms with van der Waals surface area (Å²) in [6.45, 7) is 5.04. The number of aromatic nitrogens is 2. The van der Waals surface area contributed by atoms with Crippen LogP contribution in [0, 0.1) is 0 Å². The molecular weight excluding hydrogens is 228 g/mol. The van der Waals surface area contributed by atoms with Gasteiger partial charge in [-0.25, -0.2) is 13.1 Å². The van der Waals surface area contributed by atoms with Crippen molar-refractivity contribution in [2.24, 2.45) is 0 Å². The second-order valence-electron chi connectivity index (χ2n) is 3.65. The third-order valence-electron chi connectivity index (χ3n) is 2.37. The van der Waals surface area contributed by atoms with Crippen molar-refractivity contribution in [3.63, 3.8) is 0 Å². The first kappa shape index (κ1) is 11.2. The van der Waals surface area contributed by atoms with Crippen LogP contribution >= 0.6 is 0 Å². The Morgan fingerprint density at radius 3 is 3.00 bits per heavy atom. The number of nitrogens with zero attached hydrogens (tertiary/aromatic N) is 2. The molecule has 1 aliphatic rings. The highest BCUT2D eigenvalue weighted by Gasteiger charge is 2.22. The first-order valence-electron chi connectivity index (χ1n) is 4.98. The molecule has 1 fully saturated rings. The lowest BCUT2D eigenvalue weighted by atomic mass is 10.2. The summed E-state index contributed by atoms with van der Waals surface area (Å²) in [6, 6.07) is 1.88. The molecule has 1 aliphatic heterocycles. The van der Waals surface area contributed by atoms with Gasteiger partial charge < -0.3 is 5.32 Å². The Morgan fingerprint density at radius 2 is 2.44 bits per heavy atom. The lowest BCUT2D eigenvalue weighted by molar-refractivity contribution is 0.322. The zero-order valence-corrected chi connectivity index (χ0v) is 9.57. The Kier molecular flexibility index (Phi) is 2.97. The minimum atomic E-state index is -3.34. The molecule has 0 aromatic carbocycles. The van der Waals surface area contributed by atoms with E-state index in [-0.39, 0.29) is 11.8 Å². The minimum Gasteiger partial charge on any atom is -0.312 e. The molecule has 2 heterocycles. The highest BCUT2D eigenvalue weighted by molar-refractivity contribution is 7.92. The molecule has 1 aromatic heterocycles. The molecule has 6 nitrogen and oxygen atoms in total. The average Bonchev–Trinajstić information content (AvgIpc) is 2.49. The van der Waals surface area contributed by atoms with Crippen molar-refractivity contribution in [2.45, 2.75) is 6.04 Å². The summed E-state index contributed by atoms with van der Waals surface area (Å²) in [6.07, 6.45) is 2.94. The predicted molar refractivity (Wildman–Crippen MR) is 61.7 cm³/mol. The molecule has 16 heavy (non-hydrogen) atoms. The van der Waals surface area contributed by atoms with Crippen molar-refractivity contribution in [3.05, 3.63) is 24.9 Å². The molecule has 0 radical (unpaired) electrons. The molecule has 2 rings (SSSR count). The normalized spacial score (nSPS) is 16.8. The average molecular weight is 242 g/mol. The Bertz CT molecular complexity index is 475. The molecule has 0 saturated carbocycles. The molecule has 0 amide bonds. The maximum absolute atomic E-state index is 11.5. The molecule has 0 spiro atoms. The smallest absolute Gasteiger partial charge is 0.237 e. The van der Waals surface area contributed by atoms with Crippen molar-refractivity contribution in [3.8, 4) is 0 Å². The highest BCUT2D eigenvalue weighted by atomic mass is 32.2. The van der Waals surface area contributed by atoms with Crippen molar-refractivity contribution >= 4 is 15.8 Å². The van der Waals surface area contributed by atoms with Gasteiger partial charge in [-0.05, 0) is 0 Å². The second kappa shape index (κ2) is 4.26. The van der Waals surface area contributed by atoms with Gasteiger partial charge in [0.05, 0.1) is 18.0 Å². The molecular formula is C9H14N4O2S. The van der Waals surface area contributed by atoms with Crippen LogP contribution in [0.25, 0.3) is 0 Å². The van der Waals surface area contributed by atoms with Gasteiger partial charge in [-0.15, -0.1) is 6.58 Å². The molecule has 2 N–H and O–H groups in total. The van der Waals surface area contributed by atoms with Gasteiger partial charge in [0.1, 0.15) is 5.82 Å². The van der Waals surface area contributed by atoms with Crippen molar-refractivity contribution in [1.82, 2.24) is 15.1 Å². The fourth-order valence-corrected chi connectivity index (χ4v) is 2.36. The lowest BCUT2D eigenvalue weighted by Gasteiger charge is -2.28. The topological polar surface area (TPSA) is 76.0 Å². The summed E-state index contributed by atoms with van der Waals surface area (Å²) in [7, 11) is -3.34. The van der Waals surface area contributed by atoms with Crippen LogP contribution in [0.1, 0.15) is 6.04 Å². The van der Waals surface area contributed by atoms with Gasteiger partial charge >= 0.3 is 0 Å². The van der Waals surface area contributed by atoms with E-state index < -0.39 is 10.0 Å². The number of anilines is 1. The van der Waals surface area contributed by atoms with E-state index in [2.05, 4.69) is 21.7 Å². The van der Waals surface area contributed by atoms with Crippen molar-refractivity contribution in [2.75, 3.05) is 23.6 Å². The van der Waals surface area contributed by atoms with E-state index in [1.165, 1.54) is 6.08 Å². The third-order valence-corrected chi connectivity index (χ3v) is 3.57. The van der Waals surface area contributed by atoms with Crippen LogP contribution in [0.5, 0.6) is 0 Å². The van der Waals surface area contributed by atoms with Gasteiger partial charge in [0, 0.05) is 19.2 Å². The van der Waals surface area contributed by atoms with Crippen LogP contribution in [0.15, 0.2) is 24.9 Å². The summed E-state index contributed by atoms with van der Waals surface area (Å²) in [5.74, 6) is 0.412. The predicted octanol–water partition coefficient (Wildman–Crippen LogP) is -0.0449. The molecule has 0 bridgehead atoms. The Morgan fingerprint density at radius 1 is 1.69 bits per heavy atom. The number of sulfonamides is 1. The molecule has 0 unspecified atom stereocenters. The first-order chi connectivity index (χ1) is 7.62. The number of hydrogen-bond acceptors (Lipinski definition) is 4. The fraction of sp³-hybridized carbons (Fsp3) is 0.444. The van der Waals surface area contributed by atoms with E-state index in [0.717, 1.165) is 13.1 Å². The highest BCUT2D eigenvalue weighted by Crippen LogP contribution is 2.18. The molecule has 1 aromatic rings. The summed E-state index contributed by atoms with van der Waals surface area (Å²) in [5.41, 5.74) is 0. The van der Waals surface area contributed by atoms with Gasteiger partial charge in [0.15, 0.2) is 0 Å². The Balaban J connectivity index is 2.15. The van der Waals surface area contributed by atoms with Crippen LogP contribution < -0.4 is 10.0 Å². The molecule has 7 heteroatoms. The van der Waals surface area contributed by atoms with Gasteiger partial charge in [-0.2, -0.15) is 5.10 Å². The molecule has 0 atom stereocenters. The summed E-state index contributed by atoms with van der Waals surface area (Å²) >= 11 is 0. The van der Waals surface area contributed by atoms with E-state index in [4.69, 9.17) is 0 Å². The fourth-order valence-electron chi connectivity index (χ4n) is 1.49. The number of nitrogens with one attached hydrogen (secondary N) is 2. The van der Waals surface area contributed by atoms with Gasteiger partial charge in [0.2, 0.25) is 10.0 Å². The Hall–Kier alpha value is -1.34. The SMILES string of the molecule is C=CCS(=O)(=O)Nc1ccnn1C1CNC1. The molecule has 0 aliphatic carbocycles. The second-order valence-corrected chi connectivity index (χ2v) is 5.41. The summed E-state index contributed by atoms with van der Waals surface area (Å²) in [5, 5.41) is 7.22. The van der Waals surface area contributed by atoms with Crippen LogP contribution in [-0.2, 0) is 10.0 Å². The van der Waals surface area contributed by atoms with E-state index in [1.807, 2.05) is 0 Å². The van der Waals surface area contributed by atoms with Crippen LogP contribution in [0.2, 0.25) is 0 Å². The van der Waals surface area contributed by atoms with Gasteiger partial charge in [-0.1, -0.05) is 6.08 Å². The van der Waals surface area contributed by atoms with Crippen molar-refractivity contribution < 1.29 is 8.42 Å². The van der Waals surface area contributed by atoms with Crippen LogP contribution in [-0.4, -0.2) is 37.0 Å². The Labute approximate surface area is 94.4 Å². The van der Waals surface area contributed by atoms with Gasteiger partial charge in [0.25, 0.3) is 0 Å². The minimum absolute atomic E-state index is 0.0961. The number of rotatable bonds is 5. The van der Waals surface area contributed by atoms with Crippen LogP contribution in [0.3, 0.4) is 0 Å². The maximum atomic E-state index is 11.5. The molecule has 1 saturated heterocycles. The van der Waals surface area contributed by atoms with E-state index in [1.54, 1.807) is 16.9 Å². The van der Waals surface area contributed by atoms with Crippen LogP contribution in [0.4, 0.5) is 5.82 Å². The largest absolute Gasteiger partial charge is 0.312 e. The third kappa shape index (κ3) is 2.25. The first-order valence-corrected chi connectivity index (χ1v) is 6.63.